The predicted molar refractivity (Wildman–Crippen MR) is 89.7 cm³/mol. The van der Waals surface area contributed by atoms with E-state index in [9.17, 15) is 9.59 Å². The van der Waals surface area contributed by atoms with Crippen molar-refractivity contribution in [1.29, 1.82) is 0 Å². The third kappa shape index (κ3) is 6.17. The maximum atomic E-state index is 11.8. The second-order valence-electron chi connectivity index (χ2n) is 5.64. The first-order chi connectivity index (χ1) is 11.7. The Morgan fingerprint density at radius 3 is 2.88 bits per heavy atom. The van der Waals surface area contributed by atoms with Crippen LogP contribution < -0.4 is 10.6 Å². The van der Waals surface area contributed by atoms with Gasteiger partial charge in [-0.25, -0.2) is 4.79 Å². The fourth-order valence-electron chi connectivity index (χ4n) is 2.46. The number of hydrogen-bond donors (Lipinski definition) is 2. The lowest BCUT2D eigenvalue weighted by Crippen LogP contribution is -2.52. The van der Waals surface area contributed by atoms with E-state index in [-0.39, 0.29) is 24.6 Å². The van der Waals surface area contributed by atoms with Crippen LogP contribution in [0.15, 0.2) is 30.3 Å². The number of rotatable bonds is 8. The Bertz CT molecular complexity index is 524. The van der Waals surface area contributed by atoms with Gasteiger partial charge in [-0.15, -0.1) is 0 Å². The van der Waals surface area contributed by atoms with Crippen LogP contribution in [-0.4, -0.2) is 69.4 Å². The third-order valence-corrected chi connectivity index (χ3v) is 3.82. The zero-order valence-corrected chi connectivity index (χ0v) is 14.0. The molecule has 2 N–H and O–H groups in total. The fraction of sp³-hybridized carbons (Fsp3) is 0.529. The largest absolute Gasteiger partial charge is 0.383 e. The van der Waals surface area contributed by atoms with E-state index in [1.807, 2.05) is 30.3 Å². The molecule has 1 aliphatic heterocycles. The van der Waals surface area contributed by atoms with Crippen LogP contribution in [0.3, 0.4) is 0 Å². The minimum absolute atomic E-state index is 0.0457. The highest BCUT2D eigenvalue weighted by Gasteiger charge is 2.26. The normalized spacial score (nSPS) is 17.6. The average Bonchev–Trinajstić information content (AvgIpc) is 2.61. The number of morpholine rings is 1. The molecule has 24 heavy (non-hydrogen) atoms. The zero-order chi connectivity index (χ0) is 17.2. The molecule has 3 amide bonds. The standard InChI is InChI=1S/C17H25N3O4/c1-23-10-9-20-12-15(24-13-16(20)21)11-19-17(22)18-8-7-14-5-3-2-4-6-14/h2-6,15H,7-13H2,1H3,(H2,18,19,22). The first kappa shape index (κ1) is 18.2. The SMILES string of the molecule is COCCN1CC(CNC(=O)NCCc2ccccc2)OCC1=O. The van der Waals surface area contributed by atoms with Gasteiger partial charge in [0, 0.05) is 33.3 Å². The lowest BCUT2D eigenvalue weighted by molar-refractivity contribution is -0.149. The van der Waals surface area contributed by atoms with E-state index in [4.69, 9.17) is 9.47 Å². The molecule has 132 valence electrons. The fourth-order valence-corrected chi connectivity index (χ4v) is 2.46. The molecule has 0 saturated carbocycles. The molecule has 0 bridgehead atoms. The maximum Gasteiger partial charge on any atom is 0.314 e. The van der Waals surface area contributed by atoms with Crippen molar-refractivity contribution in [2.24, 2.45) is 0 Å². The monoisotopic (exact) mass is 335 g/mol. The molecular weight excluding hydrogens is 310 g/mol. The lowest BCUT2D eigenvalue weighted by Gasteiger charge is -2.32. The maximum absolute atomic E-state index is 11.8. The molecule has 1 saturated heterocycles. The van der Waals surface area contributed by atoms with Crippen LogP contribution in [0.25, 0.3) is 0 Å². The van der Waals surface area contributed by atoms with E-state index in [2.05, 4.69) is 10.6 Å². The Morgan fingerprint density at radius 2 is 2.12 bits per heavy atom. The van der Waals surface area contributed by atoms with Crippen molar-refractivity contribution in [2.75, 3.05) is 46.5 Å². The number of amides is 3. The number of nitrogens with zero attached hydrogens (tertiary/aromatic N) is 1. The summed E-state index contributed by atoms with van der Waals surface area (Å²) in [6, 6.07) is 9.75. The Morgan fingerprint density at radius 1 is 1.33 bits per heavy atom. The molecule has 0 aromatic heterocycles. The molecule has 1 atom stereocenters. The van der Waals surface area contributed by atoms with Crippen LogP contribution in [0.2, 0.25) is 0 Å². The summed E-state index contributed by atoms with van der Waals surface area (Å²) >= 11 is 0. The van der Waals surface area contributed by atoms with E-state index >= 15 is 0 Å². The molecular formula is C17H25N3O4. The van der Waals surface area contributed by atoms with Crippen LogP contribution in [0.5, 0.6) is 0 Å². The van der Waals surface area contributed by atoms with Crippen molar-refractivity contribution in [3.05, 3.63) is 35.9 Å². The van der Waals surface area contributed by atoms with Gasteiger partial charge in [0.1, 0.15) is 6.61 Å². The summed E-state index contributed by atoms with van der Waals surface area (Å²) in [5.41, 5.74) is 1.18. The number of nitrogens with one attached hydrogen (secondary N) is 2. The minimum atomic E-state index is -0.227. The molecule has 0 aliphatic carbocycles. The van der Waals surface area contributed by atoms with Gasteiger partial charge in [0.25, 0.3) is 0 Å². The zero-order valence-electron chi connectivity index (χ0n) is 14.0. The topological polar surface area (TPSA) is 79.9 Å². The second kappa shape index (κ2) is 9.89. The minimum Gasteiger partial charge on any atom is -0.383 e. The van der Waals surface area contributed by atoms with Gasteiger partial charge in [0.2, 0.25) is 5.91 Å². The number of carbonyl (C=O) groups excluding carboxylic acids is 2. The van der Waals surface area contributed by atoms with Gasteiger partial charge >= 0.3 is 6.03 Å². The molecule has 0 spiro atoms. The van der Waals surface area contributed by atoms with Gasteiger partial charge in [-0.2, -0.15) is 0 Å². The average molecular weight is 335 g/mol. The Hall–Kier alpha value is -2.12. The molecule has 1 aromatic carbocycles. The van der Waals surface area contributed by atoms with Crippen molar-refractivity contribution in [2.45, 2.75) is 12.5 Å². The van der Waals surface area contributed by atoms with Crippen molar-refractivity contribution < 1.29 is 19.1 Å². The van der Waals surface area contributed by atoms with Gasteiger partial charge in [-0.05, 0) is 12.0 Å². The van der Waals surface area contributed by atoms with Gasteiger partial charge in [-0.3, -0.25) is 4.79 Å². The van der Waals surface area contributed by atoms with Gasteiger partial charge in [0.05, 0.1) is 12.7 Å². The van der Waals surface area contributed by atoms with Crippen LogP contribution in [0, 0.1) is 0 Å². The Labute approximate surface area is 142 Å². The number of carbonyl (C=O) groups is 2. The Balaban J connectivity index is 1.63. The summed E-state index contributed by atoms with van der Waals surface area (Å²) in [7, 11) is 1.60. The summed E-state index contributed by atoms with van der Waals surface area (Å²) in [5.74, 6) is -0.0457. The van der Waals surface area contributed by atoms with Crippen LogP contribution in [0.4, 0.5) is 4.79 Å². The highest BCUT2D eigenvalue weighted by atomic mass is 16.5. The predicted octanol–water partition coefficient (Wildman–Crippen LogP) is 0.402. The molecule has 7 heteroatoms. The summed E-state index contributed by atoms with van der Waals surface area (Å²) in [6.45, 7) is 2.48. The number of ether oxygens (including phenoxy) is 2. The molecule has 1 heterocycles. The van der Waals surface area contributed by atoms with E-state index in [0.717, 1.165) is 6.42 Å². The summed E-state index contributed by atoms with van der Waals surface area (Å²) < 4.78 is 10.4. The summed E-state index contributed by atoms with van der Waals surface area (Å²) in [4.78, 5) is 25.2. The van der Waals surface area contributed by atoms with E-state index in [1.54, 1.807) is 12.0 Å². The molecule has 0 radical (unpaired) electrons. The van der Waals surface area contributed by atoms with Crippen LogP contribution >= 0.6 is 0 Å². The lowest BCUT2D eigenvalue weighted by atomic mass is 10.1. The van der Waals surface area contributed by atoms with E-state index in [0.29, 0.717) is 32.8 Å². The summed E-state index contributed by atoms with van der Waals surface area (Å²) in [5, 5.41) is 5.60. The first-order valence-corrected chi connectivity index (χ1v) is 8.13. The van der Waals surface area contributed by atoms with Gasteiger partial charge in [-0.1, -0.05) is 30.3 Å². The van der Waals surface area contributed by atoms with Gasteiger partial charge < -0.3 is 25.0 Å². The van der Waals surface area contributed by atoms with E-state index < -0.39 is 0 Å². The van der Waals surface area contributed by atoms with Gasteiger partial charge in [0.15, 0.2) is 0 Å². The van der Waals surface area contributed by atoms with Crippen molar-refractivity contribution >= 4 is 11.9 Å². The number of urea groups is 1. The summed E-state index contributed by atoms with van der Waals surface area (Å²) in [6.07, 6.45) is 0.590. The quantitative estimate of drug-likeness (QED) is 0.721. The van der Waals surface area contributed by atoms with Crippen LogP contribution in [0.1, 0.15) is 5.56 Å². The third-order valence-electron chi connectivity index (χ3n) is 3.82. The molecule has 1 aromatic rings. The van der Waals surface area contributed by atoms with Crippen molar-refractivity contribution in [1.82, 2.24) is 15.5 Å². The highest BCUT2D eigenvalue weighted by molar-refractivity contribution is 5.78. The molecule has 1 aliphatic rings. The highest BCUT2D eigenvalue weighted by Crippen LogP contribution is 2.05. The Kier molecular flexibility index (Phi) is 7.51. The first-order valence-electron chi connectivity index (χ1n) is 8.13. The molecule has 2 rings (SSSR count). The molecule has 1 fully saturated rings. The van der Waals surface area contributed by atoms with E-state index in [1.165, 1.54) is 5.56 Å². The molecule has 7 nitrogen and oxygen atoms in total. The van der Waals surface area contributed by atoms with Crippen molar-refractivity contribution in [3.63, 3.8) is 0 Å². The molecule has 1 unspecified atom stereocenters. The van der Waals surface area contributed by atoms with Crippen molar-refractivity contribution in [3.8, 4) is 0 Å². The number of benzene rings is 1. The number of hydrogen-bond acceptors (Lipinski definition) is 4. The second-order valence-corrected chi connectivity index (χ2v) is 5.64. The van der Waals surface area contributed by atoms with Crippen LogP contribution in [-0.2, 0) is 20.7 Å². The smallest absolute Gasteiger partial charge is 0.314 e. The number of methoxy groups -OCH3 is 1.